The van der Waals surface area contributed by atoms with E-state index in [0.717, 1.165) is 32.1 Å². The molecule has 0 aliphatic carbocycles. The quantitative estimate of drug-likeness (QED) is 0.883. The highest BCUT2D eigenvalue weighted by molar-refractivity contribution is 7.07. The second-order valence-corrected chi connectivity index (χ2v) is 8.58. The molecule has 1 aromatic carbocycles. The molecule has 0 bridgehead atoms. The zero-order valence-corrected chi connectivity index (χ0v) is 16.4. The van der Waals surface area contributed by atoms with Crippen LogP contribution in [0.1, 0.15) is 55.1 Å². The van der Waals surface area contributed by atoms with E-state index in [0.29, 0.717) is 12.1 Å². The minimum absolute atomic E-state index is 0.00432. The van der Waals surface area contributed by atoms with Crippen LogP contribution in [0.4, 0.5) is 0 Å². The summed E-state index contributed by atoms with van der Waals surface area (Å²) in [6.07, 6.45) is 4.89. The number of rotatable bonds is 3. The van der Waals surface area contributed by atoms with Gasteiger partial charge < -0.3 is 10.2 Å². The number of carbonyl (C=O) groups excluding carboxylic acids is 2. The zero-order chi connectivity index (χ0) is 18.9. The van der Waals surface area contributed by atoms with E-state index in [9.17, 15) is 9.59 Å². The van der Waals surface area contributed by atoms with Gasteiger partial charge in [0.2, 0.25) is 5.91 Å². The molecule has 0 unspecified atom stereocenters. The molecule has 2 aliphatic heterocycles. The van der Waals surface area contributed by atoms with Crippen LogP contribution in [0.5, 0.6) is 0 Å². The minimum atomic E-state index is -0.386. The molecule has 2 aliphatic rings. The van der Waals surface area contributed by atoms with E-state index in [-0.39, 0.29) is 29.4 Å². The molecule has 0 saturated carbocycles. The van der Waals surface area contributed by atoms with E-state index in [2.05, 4.69) is 29.4 Å². The minimum Gasteiger partial charge on any atom is -0.349 e. The number of carbonyl (C=O) groups is 2. The van der Waals surface area contributed by atoms with Gasteiger partial charge in [-0.3, -0.25) is 9.59 Å². The maximum Gasteiger partial charge on any atom is 0.273 e. The number of likely N-dealkylation sites (tertiary alicyclic amines) is 1. The van der Waals surface area contributed by atoms with Crippen molar-refractivity contribution in [3.8, 4) is 0 Å². The van der Waals surface area contributed by atoms with Crippen molar-refractivity contribution in [3.05, 3.63) is 52.5 Å². The highest BCUT2D eigenvalue weighted by Crippen LogP contribution is 2.39. The number of hydrogen-bond donors (Lipinski definition) is 1. The van der Waals surface area contributed by atoms with Gasteiger partial charge in [0.25, 0.3) is 5.91 Å². The largest absolute Gasteiger partial charge is 0.349 e. The normalized spacial score (nSPS) is 28.2. The first-order chi connectivity index (χ1) is 13.1. The van der Waals surface area contributed by atoms with Crippen molar-refractivity contribution in [2.45, 2.75) is 63.1 Å². The zero-order valence-electron chi connectivity index (χ0n) is 15.6. The second kappa shape index (κ2) is 7.43. The molecule has 6 heteroatoms. The Bertz CT molecular complexity index is 808. The Morgan fingerprint density at radius 3 is 2.89 bits per heavy atom. The SMILES string of the molecule is C[C@]12C[C@@H](Cc3ccccc3)N(C(=O)c3cscn3)[C@H]1CCCCC(=O)N2. The first kappa shape index (κ1) is 18.2. The van der Waals surface area contributed by atoms with Gasteiger partial charge in [-0.15, -0.1) is 11.3 Å². The summed E-state index contributed by atoms with van der Waals surface area (Å²) >= 11 is 1.44. The molecule has 2 aromatic rings. The predicted octanol–water partition coefficient (Wildman–Crippen LogP) is 3.42. The Morgan fingerprint density at radius 1 is 1.33 bits per heavy atom. The van der Waals surface area contributed by atoms with Crippen molar-refractivity contribution in [2.75, 3.05) is 0 Å². The van der Waals surface area contributed by atoms with Crippen LogP contribution >= 0.6 is 11.3 Å². The molecule has 3 atom stereocenters. The highest BCUT2D eigenvalue weighted by atomic mass is 32.1. The molecule has 1 aromatic heterocycles. The number of hydrogen-bond acceptors (Lipinski definition) is 4. The predicted molar refractivity (Wildman–Crippen MR) is 106 cm³/mol. The van der Waals surface area contributed by atoms with Gasteiger partial charge in [-0.05, 0) is 38.2 Å². The lowest BCUT2D eigenvalue weighted by molar-refractivity contribution is -0.123. The van der Waals surface area contributed by atoms with Gasteiger partial charge >= 0.3 is 0 Å². The number of nitrogens with one attached hydrogen (secondary N) is 1. The van der Waals surface area contributed by atoms with Gasteiger partial charge in [-0.1, -0.05) is 36.8 Å². The van der Waals surface area contributed by atoms with Crippen molar-refractivity contribution in [3.63, 3.8) is 0 Å². The molecule has 2 fully saturated rings. The molecule has 0 spiro atoms. The van der Waals surface area contributed by atoms with Crippen molar-refractivity contribution in [1.82, 2.24) is 15.2 Å². The van der Waals surface area contributed by atoms with Gasteiger partial charge in [0, 0.05) is 17.8 Å². The van der Waals surface area contributed by atoms with Crippen molar-refractivity contribution >= 4 is 23.2 Å². The van der Waals surface area contributed by atoms with Gasteiger partial charge in [-0.25, -0.2) is 4.98 Å². The molecule has 27 heavy (non-hydrogen) atoms. The Morgan fingerprint density at radius 2 is 2.15 bits per heavy atom. The standard InChI is InChI=1S/C21H25N3O2S/c1-21-12-16(11-15-7-3-2-4-8-15)24(20(26)17-13-27-14-22-17)18(21)9-5-6-10-19(25)23-21/h2-4,7-8,13-14,16,18H,5-6,9-12H2,1H3,(H,23,25)/t16-,18+,21+/m1/s1. The number of amides is 2. The monoisotopic (exact) mass is 383 g/mol. The molecule has 0 radical (unpaired) electrons. The Hall–Kier alpha value is -2.21. The van der Waals surface area contributed by atoms with Crippen molar-refractivity contribution < 1.29 is 9.59 Å². The summed E-state index contributed by atoms with van der Waals surface area (Å²) in [4.78, 5) is 32.0. The first-order valence-corrected chi connectivity index (χ1v) is 10.6. The fourth-order valence-corrected chi connectivity index (χ4v) is 5.22. The van der Waals surface area contributed by atoms with Gasteiger partial charge in [0.15, 0.2) is 0 Å². The summed E-state index contributed by atoms with van der Waals surface area (Å²) in [7, 11) is 0. The van der Waals surface area contributed by atoms with E-state index >= 15 is 0 Å². The summed E-state index contributed by atoms with van der Waals surface area (Å²) in [6.45, 7) is 2.10. The molecule has 142 valence electrons. The molecule has 4 rings (SSSR count). The van der Waals surface area contributed by atoms with Crippen LogP contribution in [-0.2, 0) is 11.2 Å². The van der Waals surface area contributed by atoms with Crippen LogP contribution in [0.3, 0.4) is 0 Å². The van der Waals surface area contributed by atoms with Crippen LogP contribution < -0.4 is 5.32 Å². The highest BCUT2D eigenvalue weighted by Gasteiger charge is 2.52. The molecular weight excluding hydrogens is 358 g/mol. The third-order valence-electron chi connectivity index (χ3n) is 5.88. The summed E-state index contributed by atoms with van der Waals surface area (Å²) < 4.78 is 0. The van der Waals surface area contributed by atoms with Gasteiger partial charge in [0.1, 0.15) is 5.69 Å². The Labute approximate surface area is 163 Å². The lowest BCUT2D eigenvalue weighted by Gasteiger charge is -2.38. The number of fused-ring (bicyclic) bond motifs is 1. The fourth-order valence-electron chi connectivity index (χ4n) is 4.70. The summed E-state index contributed by atoms with van der Waals surface area (Å²) in [6, 6.07) is 10.3. The summed E-state index contributed by atoms with van der Waals surface area (Å²) in [5, 5.41) is 5.07. The van der Waals surface area contributed by atoms with Crippen molar-refractivity contribution in [2.24, 2.45) is 0 Å². The number of benzene rings is 1. The molecule has 1 N–H and O–H groups in total. The number of nitrogens with zero attached hydrogens (tertiary/aromatic N) is 2. The van der Waals surface area contributed by atoms with Crippen LogP contribution in [-0.4, -0.2) is 39.3 Å². The Balaban J connectivity index is 1.69. The summed E-state index contributed by atoms with van der Waals surface area (Å²) in [5.41, 5.74) is 3.04. The van der Waals surface area contributed by atoms with Crippen LogP contribution in [0.25, 0.3) is 0 Å². The van der Waals surface area contributed by atoms with E-state index in [1.54, 1.807) is 5.51 Å². The molecule has 2 saturated heterocycles. The second-order valence-electron chi connectivity index (χ2n) is 7.86. The van der Waals surface area contributed by atoms with E-state index in [1.165, 1.54) is 16.9 Å². The third kappa shape index (κ3) is 3.63. The van der Waals surface area contributed by atoms with Crippen LogP contribution in [0, 0.1) is 0 Å². The van der Waals surface area contributed by atoms with Crippen LogP contribution in [0.15, 0.2) is 41.2 Å². The molecule has 2 amide bonds. The third-order valence-corrected chi connectivity index (χ3v) is 6.47. The fraction of sp³-hybridized carbons (Fsp3) is 0.476. The molecule has 5 nitrogen and oxygen atoms in total. The first-order valence-electron chi connectivity index (χ1n) is 9.62. The van der Waals surface area contributed by atoms with Gasteiger partial charge in [-0.2, -0.15) is 0 Å². The maximum atomic E-state index is 13.3. The topological polar surface area (TPSA) is 62.3 Å². The van der Waals surface area contributed by atoms with E-state index in [1.807, 2.05) is 28.5 Å². The molecular formula is C21H25N3O2S. The Kier molecular flexibility index (Phi) is 5.00. The average molecular weight is 384 g/mol. The molecule has 3 heterocycles. The lowest BCUT2D eigenvalue weighted by atomic mass is 9.85. The van der Waals surface area contributed by atoms with E-state index in [4.69, 9.17) is 0 Å². The van der Waals surface area contributed by atoms with Crippen molar-refractivity contribution in [1.29, 1.82) is 0 Å². The van der Waals surface area contributed by atoms with Crippen LogP contribution in [0.2, 0.25) is 0 Å². The number of aromatic nitrogens is 1. The maximum absolute atomic E-state index is 13.3. The summed E-state index contributed by atoms with van der Waals surface area (Å²) in [5.74, 6) is 0.0874. The average Bonchev–Trinajstić information content (AvgIpc) is 3.25. The van der Waals surface area contributed by atoms with E-state index < -0.39 is 0 Å². The smallest absolute Gasteiger partial charge is 0.273 e. The van der Waals surface area contributed by atoms with Gasteiger partial charge in [0.05, 0.1) is 17.1 Å². The lowest BCUT2D eigenvalue weighted by Crippen LogP contribution is -2.56. The number of thiazole rings is 1.